The first-order valence-electron chi connectivity index (χ1n) is 7.17. The lowest BCUT2D eigenvalue weighted by atomic mass is 10.2. The summed E-state index contributed by atoms with van der Waals surface area (Å²) in [6.45, 7) is 1.84. The van der Waals surface area contributed by atoms with E-state index in [9.17, 15) is 9.59 Å². The largest absolute Gasteiger partial charge is 0.350 e. The van der Waals surface area contributed by atoms with E-state index in [4.69, 9.17) is 58.0 Å². The number of imide groups is 1. The van der Waals surface area contributed by atoms with Crippen LogP contribution in [0, 0.1) is 6.92 Å². The van der Waals surface area contributed by atoms with E-state index in [1.807, 2.05) is 6.92 Å². The van der Waals surface area contributed by atoms with E-state index < -0.39 is 11.8 Å². The minimum Gasteiger partial charge on any atom is -0.350 e. The van der Waals surface area contributed by atoms with Crippen LogP contribution in [0.3, 0.4) is 0 Å². The number of carbonyl (C=O) groups excluding carboxylic acids is 2. The molecule has 0 saturated carbocycles. The molecule has 0 atom stereocenters. The Bertz CT molecular complexity index is 987. The molecule has 2 amide bonds. The number of amides is 2. The van der Waals surface area contributed by atoms with Gasteiger partial charge in [0.1, 0.15) is 10.7 Å². The number of carbonyl (C=O) groups is 2. The van der Waals surface area contributed by atoms with Gasteiger partial charge in [0.05, 0.1) is 20.8 Å². The Hall–Kier alpha value is -1.43. The van der Waals surface area contributed by atoms with Crippen molar-refractivity contribution in [2.75, 3.05) is 10.2 Å². The van der Waals surface area contributed by atoms with Gasteiger partial charge in [0.15, 0.2) is 0 Å². The molecule has 2 aromatic rings. The third-order valence-electron chi connectivity index (χ3n) is 3.70. The van der Waals surface area contributed by atoms with Crippen LogP contribution >= 0.6 is 58.0 Å². The van der Waals surface area contributed by atoms with Crippen molar-refractivity contribution in [2.24, 2.45) is 0 Å². The molecule has 134 valence electrons. The predicted octanol–water partition coefficient (Wildman–Crippen LogP) is 6.04. The first-order valence-corrected chi connectivity index (χ1v) is 9.06. The molecule has 26 heavy (non-hydrogen) atoms. The smallest absolute Gasteiger partial charge is 0.283 e. The molecule has 0 bridgehead atoms. The Kier molecular flexibility index (Phi) is 5.42. The summed E-state index contributed by atoms with van der Waals surface area (Å²) >= 11 is 30.2. The average molecular weight is 451 g/mol. The number of nitrogens with one attached hydrogen (secondary N) is 1. The number of hydrogen-bond donors (Lipinski definition) is 1. The fourth-order valence-electron chi connectivity index (χ4n) is 2.33. The molecular formula is C17H9Cl5N2O2. The van der Waals surface area contributed by atoms with Crippen molar-refractivity contribution >= 4 is 81.2 Å². The lowest BCUT2D eigenvalue weighted by Crippen LogP contribution is -2.32. The zero-order valence-corrected chi connectivity index (χ0v) is 16.8. The van der Waals surface area contributed by atoms with Crippen LogP contribution in [0.25, 0.3) is 0 Å². The predicted molar refractivity (Wildman–Crippen MR) is 107 cm³/mol. The van der Waals surface area contributed by atoms with Crippen molar-refractivity contribution in [3.8, 4) is 0 Å². The Morgan fingerprint density at radius 2 is 1.46 bits per heavy atom. The molecule has 3 rings (SSSR count). The average Bonchev–Trinajstić information content (AvgIpc) is 2.78. The topological polar surface area (TPSA) is 49.4 Å². The molecule has 0 unspecified atom stereocenters. The Labute approximate surface area is 174 Å². The summed E-state index contributed by atoms with van der Waals surface area (Å²) < 4.78 is 0. The summed E-state index contributed by atoms with van der Waals surface area (Å²) in [6.07, 6.45) is 0. The van der Waals surface area contributed by atoms with Gasteiger partial charge >= 0.3 is 0 Å². The van der Waals surface area contributed by atoms with Crippen LogP contribution in [0.2, 0.25) is 20.1 Å². The third-order valence-corrected chi connectivity index (χ3v) is 5.48. The lowest BCUT2D eigenvalue weighted by Gasteiger charge is -2.17. The van der Waals surface area contributed by atoms with Crippen molar-refractivity contribution < 1.29 is 9.59 Å². The van der Waals surface area contributed by atoms with E-state index >= 15 is 0 Å². The summed E-state index contributed by atoms with van der Waals surface area (Å²) in [7, 11) is 0. The highest BCUT2D eigenvalue weighted by Crippen LogP contribution is 2.38. The number of benzene rings is 2. The van der Waals surface area contributed by atoms with Gasteiger partial charge in [0.2, 0.25) is 0 Å². The minimum absolute atomic E-state index is 0.0845. The number of anilines is 2. The van der Waals surface area contributed by atoms with Gasteiger partial charge in [-0.1, -0.05) is 64.1 Å². The van der Waals surface area contributed by atoms with Gasteiger partial charge in [0.25, 0.3) is 11.8 Å². The maximum absolute atomic E-state index is 12.8. The van der Waals surface area contributed by atoms with Gasteiger partial charge in [-0.25, -0.2) is 4.90 Å². The Morgan fingerprint density at radius 3 is 2.12 bits per heavy atom. The van der Waals surface area contributed by atoms with E-state index in [1.165, 1.54) is 12.1 Å². The summed E-state index contributed by atoms with van der Waals surface area (Å²) in [4.78, 5) is 26.1. The SMILES string of the molecule is Cc1ccc(NC2=C(Cl)C(=O)N(c3cc(Cl)c(Cl)cc3Cl)C2=O)cc1Cl. The molecular weight excluding hydrogens is 441 g/mol. The second kappa shape index (κ2) is 7.29. The van der Waals surface area contributed by atoms with Gasteiger partial charge in [-0.2, -0.15) is 0 Å². The van der Waals surface area contributed by atoms with E-state index in [0.29, 0.717) is 10.7 Å². The molecule has 1 aliphatic rings. The number of hydrogen-bond acceptors (Lipinski definition) is 3. The molecule has 0 spiro atoms. The molecule has 0 saturated heterocycles. The number of aryl methyl sites for hydroxylation is 1. The Balaban J connectivity index is 1.97. The summed E-state index contributed by atoms with van der Waals surface area (Å²) in [5, 5.41) is 3.51. The van der Waals surface area contributed by atoms with Crippen LogP contribution in [0.15, 0.2) is 41.1 Å². The van der Waals surface area contributed by atoms with Crippen molar-refractivity contribution in [2.45, 2.75) is 6.92 Å². The van der Waals surface area contributed by atoms with Crippen LogP contribution < -0.4 is 10.2 Å². The first-order chi connectivity index (χ1) is 12.2. The van der Waals surface area contributed by atoms with Crippen LogP contribution in [0.4, 0.5) is 11.4 Å². The van der Waals surface area contributed by atoms with Gasteiger partial charge in [-0.05, 0) is 36.8 Å². The highest BCUT2D eigenvalue weighted by molar-refractivity contribution is 6.54. The molecule has 0 radical (unpaired) electrons. The highest BCUT2D eigenvalue weighted by Gasteiger charge is 2.40. The van der Waals surface area contributed by atoms with Crippen molar-refractivity contribution in [1.82, 2.24) is 0 Å². The maximum Gasteiger partial charge on any atom is 0.283 e. The lowest BCUT2D eigenvalue weighted by molar-refractivity contribution is -0.120. The fraction of sp³-hybridized carbons (Fsp3) is 0.0588. The van der Waals surface area contributed by atoms with Crippen molar-refractivity contribution in [1.29, 1.82) is 0 Å². The van der Waals surface area contributed by atoms with Crippen LogP contribution in [0.5, 0.6) is 0 Å². The molecule has 0 aromatic heterocycles. The zero-order valence-electron chi connectivity index (χ0n) is 13.0. The standard InChI is InChI=1S/C17H9Cl5N2O2/c1-7-2-3-8(4-9(7)18)23-15-14(22)16(25)24(17(15)26)13-6-11(20)10(19)5-12(13)21/h2-6,23H,1H3. The summed E-state index contributed by atoms with van der Waals surface area (Å²) in [5.41, 5.74) is 1.39. The van der Waals surface area contributed by atoms with E-state index in [2.05, 4.69) is 5.32 Å². The molecule has 1 heterocycles. The third kappa shape index (κ3) is 3.40. The molecule has 1 aliphatic heterocycles. The second-order valence-corrected chi connectivity index (χ2v) is 7.45. The highest BCUT2D eigenvalue weighted by atomic mass is 35.5. The van der Waals surface area contributed by atoms with Gasteiger partial charge < -0.3 is 5.32 Å². The Morgan fingerprint density at radius 1 is 0.808 bits per heavy atom. The second-order valence-electron chi connectivity index (χ2n) is 5.44. The molecule has 9 heteroatoms. The van der Waals surface area contributed by atoms with Crippen LogP contribution in [0.1, 0.15) is 5.56 Å². The monoisotopic (exact) mass is 448 g/mol. The van der Waals surface area contributed by atoms with E-state index in [1.54, 1.807) is 18.2 Å². The summed E-state index contributed by atoms with van der Waals surface area (Å²) in [6, 6.07) is 7.79. The molecule has 4 nitrogen and oxygen atoms in total. The number of nitrogens with zero attached hydrogens (tertiary/aromatic N) is 1. The minimum atomic E-state index is -0.724. The van der Waals surface area contributed by atoms with E-state index in [0.717, 1.165) is 10.5 Å². The van der Waals surface area contributed by atoms with Crippen molar-refractivity contribution in [3.05, 3.63) is 66.7 Å². The quantitative estimate of drug-likeness (QED) is 0.458. The summed E-state index contributed by atoms with van der Waals surface area (Å²) in [5.74, 6) is -1.39. The van der Waals surface area contributed by atoms with Gasteiger partial charge in [-0.3, -0.25) is 9.59 Å². The molecule has 0 fully saturated rings. The van der Waals surface area contributed by atoms with Crippen LogP contribution in [-0.2, 0) is 9.59 Å². The van der Waals surface area contributed by atoms with Gasteiger partial charge in [0, 0.05) is 10.7 Å². The maximum atomic E-state index is 12.8. The van der Waals surface area contributed by atoms with Gasteiger partial charge in [-0.15, -0.1) is 0 Å². The fourth-order valence-corrected chi connectivity index (χ4v) is 3.35. The van der Waals surface area contributed by atoms with E-state index in [-0.39, 0.29) is 31.5 Å². The molecule has 0 aliphatic carbocycles. The molecule has 2 aromatic carbocycles. The normalized spacial score (nSPS) is 14.5. The number of halogens is 5. The number of rotatable bonds is 3. The van der Waals surface area contributed by atoms with Crippen molar-refractivity contribution in [3.63, 3.8) is 0 Å². The first kappa shape index (κ1) is 19.3. The van der Waals surface area contributed by atoms with Crippen LogP contribution in [-0.4, -0.2) is 11.8 Å². The molecule has 1 N–H and O–H groups in total. The zero-order chi connectivity index (χ0) is 19.2.